The van der Waals surface area contributed by atoms with Crippen molar-refractivity contribution in [2.24, 2.45) is 0 Å². The van der Waals surface area contributed by atoms with Crippen molar-refractivity contribution in [2.75, 3.05) is 39.3 Å². The standard InChI is InChI=1S/C26H28FN3O3S/c27-24-10-12-25(13-11-24)34(32,33)30-18-16-29(17-19-30)15-14-28-26(31)20-21-6-8-23(9-7-21)22-4-2-1-3-5-22/h1-13H,14-20H2,(H,28,31). The van der Waals surface area contributed by atoms with E-state index in [1.54, 1.807) is 0 Å². The number of carbonyl (C=O) groups is 1. The van der Waals surface area contributed by atoms with Gasteiger partial charge >= 0.3 is 0 Å². The van der Waals surface area contributed by atoms with Crippen LogP contribution < -0.4 is 5.32 Å². The summed E-state index contributed by atoms with van der Waals surface area (Å²) in [5.41, 5.74) is 3.21. The Hall–Kier alpha value is -3.07. The maximum Gasteiger partial charge on any atom is 0.243 e. The highest BCUT2D eigenvalue weighted by Gasteiger charge is 2.28. The first kappa shape index (κ1) is 24.1. The number of halogens is 1. The number of amides is 1. The maximum absolute atomic E-state index is 13.1. The van der Waals surface area contributed by atoms with Crippen LogP contribution in [0.2, 0.25) is 0 Å². The number of sulfonamides is 1. The number of nitrogens with zero attached hydrogens (tertiary/aromatic N) is 2. The van der Waals surface area contributed by atoms with E-state index < -0.39 is 15.8 Å². The molecule has 0 unspecified atom stereocenters. The predicted molar refractivity (Wildman–Crippen MR) is 130 cm³/mol. The topological polar surface area (TPSA) is 69.7 Å². The summed E-state index contributed by atoms with van der Waals surface area (Å²) in [4.78, 5) is 14.6. The van der Waals surface area contributed by atoms with E-state index in [9.17, 15) is 17.6 Å². The van der Waals surface area contributed by atoms with Gasteiger partial charge < -0.3 is 5.32 Å². The van der Waals surface area contributed by atoms with Crippen LogP contribution in [0.5, 0.6) is 0 Å². The van der Waals surface area contributed by atoms with Crippen LogP contribution in [0.4, 0.5) is 4.39 Å². The zero-order valence-electron chi connectivity index (χ0n) is 18.9. The lowest BCUT2D eigenvalue weighted by Gasteiger charge is -2.33. The van der Waals surface area contributed by atoms with Gasteiger partial charge in [-0.2, -0.15) is 4.31 Å². The van der Waals surface area contributed by atoms with Crippen molar-refractivity contribution >= 4 is 15.9 Å². The largest absolute Gasteiger partial charge is 0.355 e. The third kappa shape index (κ3) is 6.08. The van der Waals surface area contributed by atoms with E-state index >= 15 is 0 Å². The molecule has 0 aliphatic carbocycles. The average Bonchev–Trinajstić information content (AvgIpc) is 2.86. The number of benzene rings is 3. The molecule has 0 bridgehead atoms. The number of hydrogen-bond acceptors (Lipinski definition) is 4. The van der Waals surface area contributed by atoms with Gasteiger partial charge in [-0.1, -0.05) is 54.6 Å². The monoisotopic (exact) mass is 481 g/mol. The van der Waals surface area contributed by atoms with Crippen molar-refractivity contribution in [3.8, 4) is 11.1 Å². The molecule has 178 valence electrons. The molecular weight excluding hydrogens is 453 g/mol. The molecule has 3 aromatic carbocycles. The highest BCUT2D eigenvalue weighted by atomic mass is 32.2. The summed E-state index contributed by atoms with van der Waals surface area (Å²) in [6.45, 7) is 3.05. The molecule has 1 fully saturated rings. The zero-order valence-corrected chi connectivity index (χ0v) is 19.7. The minimum atomic E-state index is -3.62. The van der Waals surface area contributed by atoms with Crippen molar-refractivity contribution < 1.29 is 17.6 Å². The van der Waals surface area contributed by atoms with E-state index in [1.165, 1.54) is 16.4 Å². The van der Waals surface area contributed by atoms with Gasteiger partial charge in [-0.3, -0.25) is 9.69 Å². The summed E-state index contributed by atoms with van der Waals surface area (Å²) >= 11 is 0. The van der Waals surface area contributed by atoms with Gasteiger partial charge in [-0.05, 0) is 41.0 Å². The lowest BCUT2D eigenvalue weighted by atomic mass is 10.0. The zero-order chi connectivity index (χ0) is 24.0. The number of hydrogen-bond donors (Lipinski definition) is 1. The third-order valence-electron chi connectivity index (χ3n) is 5.96. The minimum Gasteiger partial charge on any atom is -0.355 e. The van der Waals surface area contributed by atoms with Crippen LogP contribution in [-0.2, 0) is 21.2 Å². The van der Waals surface area contributed by atoms with Gasteiger partial charge in [0.25, 0.3) is 0 Å². The Balaban J connectivity index is 1.19. The van der Waals surface area contributed by atoms with Crippen molar-refractivity contribution in [3.63, 3.8) is 0 Å². The van der Waals surface area contributed by atoms with Crippen LogP contribution in [0.3, 0.4) is 0 Å². The molecule has 0 radical (unpaired) electrons. The molecule has 0 aromatic heterocycles. The van der Waals surface area contributed by atoms with Gasteiger partial charge in [0, 0.05) is 39.3 Å². The fourth-order valence-electron chi connectivity index (χ4n) is 4.00. The molecule has 0 atom stereocenters. The maximum atomic E-state index is 13.1. The van der Waals surface area contributed by atoms with Crippen LogP contribution >= 0.6 is 0 Å². The quantitative estimate of drug-likeness (QED) is 0.537. The molecule has 1 N–H and O–H groups in total. The van der Waals surface area contributed by atoms with Gasteiger partial charge in [0.05, 0.1) is 11.3 Å². The summed E-state index contributed by atoms with van der Waals surface area (Å²) in [7, 11) is -3.62. The molecule has 0 spiro atoms. The summed E-state index contributed by atoms with van der Waals surface area (Å²) in [5, 5.41) is 2.95. The van der Waals surface area contributed by atoms with Gasteiger partial charge in [0.15, 0.2) is 0 Å². The number of piperazine rings is 1. The highest BCUT2D eigenvalue weighted by Crippen LogP contribution is 2.20. The summed E-state index contributed by atoms with van der Waals surface area (Å²) < 4.78 is 39.9. The Morgan fingerprint density at radius 1 is 0.824 bits per heavy atom. The van der Waals surface area contributed by atoms with Crippen molar-refractivity contribution in [3.05, 3.63) is 90.2 Å². The first-order chi connectivity index (χ1) is 16.4. The second-order valence-corrected chi connectivity index (χ2v) is 10.2. The Labute approximate surface area is 200 Å². The lowest BCUT2D eigenvalue weighted by molar-refractivity contribution is -0.120. The lowest BCUT2D eigenvalue weighted by Crippen LogP contribution is -2.50. The molecule has 3 aromatic rings. The molecule has 1 aliphatic rings. The van der Waals surface area contributed by atoms with Crippen molar-refractivity contribution in [1.29, 1.82) is 0 Å². The molecule has 0 saturated carbocycles. The highest BCUT2D eigenvalue weighted by molar-refractivity contribution is 7.89. The van der Waals surface area contributed by atoms with Gasteiger partial charge in [0.1, 0.15) is 5.82 Å². The SMILES string of the molecule is O=C(Cc1ccc(-c2ccccc2)cc1)NCCN1CCN(S(=O)(=O)c2ccc(F)cc2)CC1. The van der Waals surface area contributed by atoms with E-state index in [4.69, 9.17) is 0 Å². The molecule has 1 saturated heterocycles. The molecule has 34 heavy (non-hydrogen) atoms. The van der Waals surface area contributed by atoms with Crippen LogP contribution in [0.25, 0.3) is 11.1 Å². The van der Waals surface area contributed by atoms with E-state index in [1.807, 2.05) is 42.5 Å². The molecule has 1 aliphatic heterocycles. The van der Waals surface area contributed by atoms with E-state index in [0.717, 1.165) is 28.8 Å². The molecule has 8 heteroatoms. The first-order valence-corrected chi connectivity index (χ1v) is 12.7. The average molecular weight is 482 g/mol. The minimum absolute atomic E-state index is 0.0371. The number of nitrogens with one attached hydrogen (secondary N) is 1. The van der Waals surface area contributed by atoms with Gasteiger partial charge in [-0.25, -0.2) is 12.8 Å². The smallest absolute Gasteiger partial charge is 0.243 e. The van der Waals surface area contributed by atoms with Gasteiger partial charge in [0.2, 0.25) is 15.9 Å². The van der Waals surface area contributed by atoms with Crippen molar-refractivity contribution in [2.45, 2.75) is 11.3 Å². The predicted octanol–water partition coefficient (Wildman–Crippen LogP) is 3.16. The Morgan fingerprint density at radius 2 is 1.44 bits per heavy atom. The van der Waals surface area contributed by atoms with Crippen molar-refractivity contribution in [1.82, 2.24) is 14.5 Å². The number of rotatable bonds is 8. The Kier molecular flexibility index (Phi) is 7.72. The molecule has 1 heterocycles. The summed E-state index contributed by atoms with van der Waals surface area (Å²) in [5.74, 6) is -0.500. The first-order valence-electron chi connectivity index (χ1n) is 11.3. The van der Waals surface area contributed by atoms with Crippen LogP contribution in [0.15, 0.2) is 83.8 Å². The third-order valence-corrected chi connectivity index (χ3v) is 7.87. The fourth-order valence-corrected chi connectivity index (χ4v) is 5.42. The fraction of sp³-hybridized carbons (Fsp3) is 0.269. The second kappa shape index (κ2) is 10.9. The van der Waals surface area contributed by atoms with E-state index in [0.29, 0.717) is 45.7 Å². The number of carbonyl (C=O) groups excluding carboxylic acids is 1. The van der Waals surface area contributed by atoms with Crippen LogP contribution in [0, 0.1) is 5.82 Å². The normalized spacial score (nSPS) is 15.2. The van der Waals surface area contributed by atoms with E-state index in [-0.39, 0.29) is 10.8 Å². The van der Waals surface area contributed by atoms with E-state index in [2.05, 4.69) is 22.3 Å². The molecule has 6 nitrogen and oxygen atoms in total. The Morgan fingerprint density at radius 3 is 2.09 bits per heavy atom. The summed E-state index contributed by atoms with van der Waals surface area (Å²) in [6.07, 6.45) is 0.318. The Bertz CT molecular complexity index is 1190. The van der Waals surface area contributed by atoms with Crippen LogP contribution in [-0.4, -0.2) is 62.8 Å². The molecule has 4 rings (SSSR count). The second-order valence-electron chi connectivity index (χ2n) is 8.29. The van der Waals surface area contributed by atoms with Gasteiger partial charge in [-0.15, -0.1) is 0 Å². The van der Waals surface area contributed by atoms with Crippen LogP contribution in [0.1, 0.15) is 5.56 Å². The summed E-state index contributed by atoms with van der Waals surface area (Å²) in [6, 6.07) is 23.0. The molecule has 1 amide bonds. The molecular formula is C26H28FN3O3S.